The minimum atomic E-state index is -4.82. The molecule has 4 heterocycles. The number of imidazole rings is 2. The summed E-state index contributed by atoms with van der Waals surface area (Å²) in [6.07, 6.45) is -2.92. The van der Waals surface area contributed by atoms with E-state index in [1.165, 1.54) is 26.2 Å². The maximum Gasteiger partial charge on any atom is 0.436 e. The second-order valence-corrected chi connectivity index (χ2v) is 14.8. The van der Waals surface area contributed by atoms with Crippen molar-refractivity contribution in [2.45, 2.75) is 82.9 Å². The van der Waals surface area contributed by atoms with Crippen LogP contribution in [0.3, 0.4) is 0 Å². The molecule has 2 fully saturated rings. The molecule has 6 rings (SSSR count). The third kappa shape index (κ3) is 9.30. The van der Waals surface area contributed by atoms with E-state index in [2.05, 4.69) is 47.1 Å². The van der Waals surface area contributed by atoms with Gasteiger partial charge in [0.15, 0.2) is 5.69 Å². The Bertz CT molecular complexity index is 2260. The van der Waals surface area contributed by atoms with Crippen molar-refractivity contribution in [1.29, 1.82) is 0 Å². The molecule has 0 bridgehead atoms. The number of H-pyrrole nitrogens is 2. The van der Waals surface area contributed by atoms with Crippen LogP contribution in [0.2, 0.25) is 0 Å². The number of carbonyl (C=O) groups is 4. The highest BCUT2D eigenvalue weighted by molar-refractivity contribution is 5.89. The molecule has 5 unspecified atom stereocenters. The number of fused-ring (bicyclic) bond motifs is 1. The van der Waals surface area contributed by atoms with E-state index in [1.807, 2.05) is 24.3 Å². The number of halogens is 3. The monoisotopic (exact) mass is 820 g/mol. The van der Waals surface area contributed by atoms with Crippen molar-refractivity contribution in [2.75, 3.05) is 34.4 Å². The number of nitrogens with one attached hydrogen (secondary N) is 4. The summed E-state index contributed by atoms with van der Waals surface area (Å²) in [5.41, 5.74) is 0.416. The Labute approximate surface area is 338 Å². The first-order chi connectivity index (χ1) is 28.1. The zero-order valence-corrected chi connectivity index (χ0v) is 33.5. The van der Waals surface area contributed by atoms with Gasteiger partial charge in [0.25, 0.3) is 0 Å². The Morgan fingerprint density at radius 1 is 0.814 bits per heavy atom. The first kappa shape index (κ1) is 42.5. The van der Waals surface area contributed by atoms with Crippen LogP contribution in [0.5, 0.6) is 0 Å². The average Bonchev–Trinajstić information content (AvgIpc) is 4.06. The Hall–Kier alpha value is -6.09. The molecule has 0 saturated carbocycles. The van der Waals surface area contributed by atoms with Gasteiger partial charge in [0.1, 0.15) is 29.4 Å². The lowest BCUT2D eigenvalue weighted by atomic mass is 10.0. The highest BCUT2D eigenvalue weighted by atomic mass is 19.4. The summed E-state index contributed by atoms with van der Waals surface area (Å²) in [4.78, 5) is 68.8. The van der Waals surface area contributed by atoms with Crippen molar-refractivity contribution in [3.05, 3.63) is 71.2 Å². The van der Waals surface area contributed by atoms with Crippen molar-refractivity contribution < 1.29 is 46.6 Å². The van der Waals surface area contributed by atoms with Gasteiger partial charge < -0.3 is 44.6 Å². The lowest BCUT2D eigenvalue weighted by molar-refractivity contribution is -0.141. The van der Waals surface area contributed by atoms with E-state index in [0.29, 0.717) is 37.2 Å². The fourth-order valence-electron chi connectivity index (χ4n) is 7.51. The molecule has 0 spiro atoms. The molecule has 2 aromatic carbocycles. The Morgan fingerprint density at radius 2 is 1.41 bits per heavy atom. The lowest BCUT2D eigenvalue weighted by Crippen LogP contribution is -2.54. The molecule has 2 aromatic heterocycles. The quantitative estimate of drug-likeness (QED) is 0.143. The molecule has 0 aliphatic carbocycles. The van der Waals surface area contributed by atoms with E-state index in [9.17, 15) is 32.3 Å². The maximum absolute atomic E-state index is 14.3. The Balaban J connectivity index is 1.20. The second kappa shape index (κ2) is 17.8. The highest BCUT2D eigenvalue weighted by Crippen LogP contribution is 2.37. The molecule has 59 heavy (non-hydrogen) atoms. The van der Waals surface area contributed by atoms with Crippen LogP contribution in [-0.4, -0.2) is 106 Å². The summed E-state index contributed by atoms with van der Waals surface area (Å²) < 4.78 is 57.5. The van der Waals surface area contributed by atoms with Crippen molar-refractivity contribution >= 4 is 34.8 Å². The number of hydrogen-bond acceptors (Lipinski definition) is 9. The fourth-order valence-corrected chi connectivity index (χ4v) is 7.51. The summed E-state index contributed by atoms with van der Waals surface area (Å²) in [5.74, 6) is 4.97. The van der Waals surface area contributed by atoms with Crippen molar-refractivity contribution in [1.82, 2.24) is 40.4 Å². The fraction of sp³-hybridized carbons (Fsp3) is 0.463. The van der Waals surface area contributed by atoms with E-state index < -0.39 is 59.9 Å². The zero-order valence-electron chi connectivity index (χ0n) is 33.5. The van der Waals surface area contributed by atoms with Crippen LogP contribution in [0.1, 0.15) is 87.1 Å². The molecule has 5 atom stereocenters. The first-order valence-electron chi connectivity index (χ1n) is 19.2. The molecule has 15 nitrogen and oxygen atoms in total. The first-order valence-corrected chi connectivity index (χ1v) is 19.2. The summed E-state index contributed by atoms with van der Waals surface area (Å²) in [6.45, 7) is 5.95. The van der Waals surface area contributed by atoms with E-state index >= 15 is 0 Å². The SMILES string of the molecule is COC(=O)NC(C(=O)N1CCCC1c1nc(C(F)(F)F)c(C#Cc2ccc3cc(-c4cnc(C5CCCN5C(=O)C(NC(=O)OC)C(C)OC)[nH]4)ccc3c2)[nH]1)C(C)C. The highest BCUT2D eigenvalue weighted by Gasteiger charge is 2.42. The van der Waals surface area contributed by atoms with Gasteiger partial charge in [-0.05, 0) is 73.4 Å². The number of rotatable bonds is 10. The van der Waals surface area contributed by atoms with Crippen LogP contribution in [0.25, 0.3) is 22.0 Å². The molecule has 4 N–H and O–H groups in total. The molecule has 314 valence electrons. The summed E-state index contributed by atoms with van der Waals surface area (Å²) in [6, 6.07) is 7.99. The number of methoxy groups -OCH3 is 3. The molecule has 18 heteroatoms. The van der Waals surface area contributed by atoms with Crippen molar-refractivity contribution in [3.8, 4) is 23.1 Å². The predicted octanol–water partition coefficient (Wildman–Crippen LogP) is 5.84. The number of hydrogen-bond donors (Lipinski definition) is 4. The number of carbonyl (C=O) groups excluding carboxylic acids is 4. The third-order valence-corrected chi connectivity index (χ3v) is 10.7. The molecule has 2 aliphatic heterocycles. The Morgan fingerprint density at radius 3 is 2.02 bits per heavy atom. The standard InChI is InChI=1S/C41H47F3N8O7/c1-22(2)32(48-39(55)58-5)37(53)52-18-8-10-31(52)36-46-28(34(50-36)41(42,43)44)16-12-24-11-13-26-20-27(15-14-25(26)19-24)29-21-45-35(47-29)30-9-7-17-51(30)38(54)33(23(3)57-4)49-40(56)59-6/h11,13-15,19-23,30-33H,7-10,17-18H2,1-6H3,(H,45,47)(H,46,50)(H,48,55)(H,49,56). The second-order valence-electron chi connectivity index (χ2n) is 14.8. The summed E-state index contributed by atoms with van der Waals surface area (Å²) in [7, 11) is 3.86. The van der Waals surface area contributed by atoms with Gasteiger partial charge in [0.05, 0.1) is 44.3 Å². The number of benzene rings is 2. The van der Waals surface area contributed by atoms with Crippen molar-refractivity contribution in [3.63, 3.8) is 0 Å². The predicted molar refractivity (Wildman–Crippen MR) is 208 cm³/mol. The number of aromatic nitrogens is 4. The minimum Gasteiger partial charge on any atom is -0.453 e. The largest absolute Gasteiger partial charge is 0.453 e. The topological polar surface area (TPSA) is 184 Å². The van der Waals surface area contributed by atoms with E-state index in [0.717, 1.165) is 28.5 Å². The molecule has 4 aromatic rings. The minimum absolute atomic E-state index is 0.0336. The molecular weight excluding hydrogens is 773 g/mol. The zero-order chi connectivity index (χ0) is 42.6. The number of likely N-dealkylation sites (tertiary alicyclic amines) is 2. The van der Waals surface area contributed by atoms with Gasteiger partial charge in [-0.15, -0.1) is 0 Å². The van der Waals surface area contributed by atoms with E-state index in [4.69, 9.17) is 9.47 Å². The number of alkyl halides is 3. The van der Waals surface area contributed by atoms with Gasteiger partial charge in [-0.3, -0.25) is 9.59 Å². The van der Waals surface area contributed by atoms with Gasteiger partial charge in [0.2, 0.25) is 11.8 Å². The normalized spacial score (nSPS) is 18.3. The average molecular weight is 821 g/mol. The number of aromatic amines is 2. The number of ether oxygens (including phenoxy) is 3. The van der Waals surface area contributed by atoms with Gasteiger partial charge in [-0.2, -0.15) is 13.2 Å². The number of alkyl carbamates (subject to hydrolysis) is 2. The number of amides is 4. The van der Waals surface area contributed by atoms with E-state index in [-0.39, 0.29) is 30.2 Å². The maximum atomic E-state index is 14.3. The van der Waals surface area contributed by atoms with Crippen LogP contribution in [0.15, 0.2) is 42.6 Å². The Kier molecular flexibility index (Phi) is 12.8. The van der Waals surface area contributed by atoms with Gasteiger partial charge in [-0.25, -0.2) is 19.6 Å². The van der Waals surface area contributed by atoms with Gasteiger partial charge in [-0.1, -0.05) is 38.0 Å². The van der Waals surface area contributed by atoms with E-state index in [1.54, 1.807) is 44.0 Å². The smallest absolute Gasteiger partial charge is 0.436 e. The van der Waals surface area contributed by atoms with Gasteiger partial charge in [0, 0.05) is 31.3 Å². The van der Waals surface area contributed by atoms with Crippen LogP contribution in [-0.2, 0) is 30.0 Å². The van der Waals surface area contributed by atoms with Crippen LogP contribution >= 0.6 is 0 Å². The molecule has 0 radical (unpaired) electrons. The summed E-state index contributed by atoms with van der Waals surface area (Å²) in [5, 5.41) is 6.75. The third-order valence-electron chi connectivity index (χ3n) is 10.7. The molecule has 4 amide bonds. The molecular formula is C41H47F3N8O7. The van der Waals surface area contributed by atoms with Crippen LogP contribution < -0.4 is 10.6 Å². The van der Waals surface area contributed by atoms with Gasteiger partial charge >= 0.3 is 18.4 Å². The summed E-state index contributed by atoms with van der Waals surface area (Å²) >= 11 is 0. The number of nitrogens with zero attached hydrogens (tertiary/aromatic N) is 4. The molecule has 2 aliphatic rings. The van der Waals surface area contributed by atoms with Crippen LogP contribution in [0, 0.1) is 17.8 Å². The van der Waals surface area contributed by atoms with Crippen molar-refractivity contribution in [2.24, 2.45) is 5.92 Å². The van der Waals surface area contributed by atoms with Crippen LogP contribution in [0.4, 0.5) is 22.8 Å². The lowest BCUT2D eigenvalue weighted by Gasteiger charge is -2.30. The molecule has 2 saturated heterocycles.